The summed E-state index contributed by atoms with van der Waals surface area (Å²) in [5.41, 5.74) is 3.06. The van der Waals surface area contributed by atoms with Gasteiger partial charge in [-0.1, -0.05) is 19.1 Å². The van der Waals surface area contributed by atoms with Crippen LogP contribution in [0.5, 0.6) is 0 Å². The fourth-order valence-electron chi connectivity index (χ4n) is 2.31. The number of fused-ring (bicyclic) bond motifs is 1. The third-order valence-electron chi connectivity index (χ3n) is 3.16. The molecule has 1 aromatic carbocycles. The second kappa shape index (κ2) is 5.99. The molecule has 0 aliphatic rings. The van der Waals surface area contributed by atoms with Gasteiger partial charge in [-0.15, -0.1) is 11.3 Å². The van der Waals surface area contributed by atoms with E-state index in [2.05, 4.69) is 55.7 Å². The highest BCUT2D eigenvalue weighted by atomic mass is 79.9. The first-order valence-corrected chi connectivity index (χ1v) is 8.14. The van der Waals surface area contributed by atoms with E-state index in [0.717, 1.165) is 22.1 Å². The van der Waals surface area contributed by atoms with Crippen LogP contribution in [-0.4, -0.2) is 16.5 Å². The van der Waals surface area contributed by atoms with E-state index in [0.29, 0.717) is 0 Å². The van der Waals surface area contributed by atoms with Crippen molar-refractivity contribution in [2.75, 3.05) is 6.54 Å². The van der Waals surface area contributed by atoms with Crippen LogP contribution in [0.15, 0.2) is 46.5 Å². The molecule has 0 aliphatic heterocycles. The monoisotopic (exact) mass is 347 g/mol. The van der Waals surface area contributed by atoms with E-state index in [9.17, 15) is 0 Å². The average Bonchev–Trinajstić information content (AvgIpc) is 2.90. The Morgan fingerprint density at radius 2 is 2.10 bits per heavy atom. The largest absolute Gasteiger partial charge is 0.306 e. The number of nitrogens with zero attached hydrogens (tertiary/aromatic N) is 2. The first-order valence-electron chi connectivity index (χ1n) is 6.47. The summed E-state index contributed by atoms with van der Waals surface area (Å²) in [6.07, 6.45) is 3.48. The average molecular weight is 348 g/mol. The summed E-state index contributed by atoms with van der Waals surface area (Å²) in [5.74, 6) is 0. The summed E-state index contributed by atoms with van der Waals surface area (Å²) in [6, 6.07) is 8.38. The van der Waals surface area contributed by atoms with Crippen molar-refractivity contribution in [1.82, 2.24) is 15.3 Å². The highest BCUT2D eigenvalue weighted by Gasteiger charge is 2.20. The molecule has 0 bridgehead atoms. The van der Waals surface area contributed by atoms with Crippen LogP contribution in [0.25, 0.3) is 11.0 Å². The SMILES string of the molecule is CCNC(c1sccc1Br)c1cccc2nccnc12. The Kier molecular flexibility index (Phi) is 4.10. The molecular weight excluding hydrogens is 334 g/mol. The molecule has 2 aromatic heterocycles. The fourth-order valence-corrected chi connectivity index (χ4v) is 4.00. The summed E-state index contributed by atoms with van der Waals surface area (Å²) in [6.45, 7) is 3.01. The van der Waals surface area contributed by atoms with Gasteiger partial charge >= 0.3 is 0 Å². The van der Waals surface area contributed by atoms with Crippen molar-refractivity contribution in [3.8, 4) is 0 Å². The third kappa shape index (κ3) is 2.49. The maximum atomic E-state index is 4.51. The molecule has 1 unspecified atom stereocenters. The van der Waals surface area contributed by atoms with E-state index in [-0.39, 0.29) is 6.04 Å². The molecule has 0 saturated heterocycles. The van der Waals surface area contributed by atoms with Crippen LogP contribution in [0.1, 0.15) is 23.4 Å². The molecule has 0 spiro atoms. The standard InChI is InChI=1S/C15H14BrN3S/c1-2-17-14(15-11(16)6-9-20-15)10-4-3-5-12-13(10)19-8-7-18-12/h3-9,14,17H,2H2,1H3. The molecule has 1 N–H and O–H groups in total. The quantitative estimate of drug-likeness (QED) is 0.770. The number of nitrogens with one attached hydrogen (secondary N) is 1. The predicted octanol–water partition coefficient (Wildman–Crippen LogP) is 4.15. The van der Waals surface area contributed by atoms with Crippen molar-refractivity contribution in [2.45, 2.75) is 13.0 Å². The molecule has 20 heavy (non-hydrogen) atoms. The molecule has 2 heterocycles. The van der Waals surface area contributed by atoms with Gasteiger partial charge in [0.05, 0.1) is 17.1 Å². The van der Waals surface area contributed by atoms with Gasteiger partial charge in [0, 0.05) is 27.3 Å². The van der Waals surface area contributed by atoms with Gasteiger partial charge in [0.25, 0.3) is 0 Å². The molecule has 0 amide bonds. The molecular formula is C15H14BrN3S. The van der Waals surface area contributed by atoms with Crippen LogP contribution >= 0.6 is 27.3 Å². The van der Waals surface area contributed by atoms with Gasteiger partial charge in [0.15, 0.2) is 0 Å². The molecule has 5 heteroatoms. The summed E-state index contributed by atoms with van der Waals surface area (Å²) in [7, 11) is 0. The number of hydrogen-bond acceptors (Lipinski definition) is 4. The second-order valence-corrected chi connectivity index (χ2v) is 6.20. The van der Waals surface area contributed by atoms with Crippen molar-refractivity contribution < 1.29 is 0 Å². The van der Waals surface area contributed by atoms with Crippen molar-refractivity contribution >= 4 is 38.3 Å². The number of halogens is 1. The lowest BCUT2D eigenvalue weighted by Crippen LogP contribution is -2.21. The molecule has 1 atom stereocenters. The zero-order chi connectivity index (χ0) is 13.9. The lowest BCUT2D eigenvalue weighted by atomic mass is 10.0. The normalized spacial score (nSPS) is 12.7. The van der Waals surface area contributed by atoms with Crippen LogP contribution in [0.3, 0.4) is 0 Å². The van der Waals surface area contributed by atoms with Gasteiger partial charge in [-0.2, -0.15) is 0 Å². The predicted molar refractivity (Wildman–Crippen MR) is 87.1 cm³/mol. The van der Waals surface area contributed by atoms with Gasteiger partial charge in [-0.25, -0.2) is 0 Å². The summed E-state index contributed by atoms with van der Waals surface area (Å²) in [5, 5.41) is 5.64. The number of rotatable bonds is 4. The van der Waals surface area contributed by atoms with E-state index in [1.54, 1.807) is 23.7 Å². The van der Waals surface area contributed by atoms with Gasteiger partial charge in [-0.05, 0) is 40.0 Å². The van der Waals surface area contributed by atoms with Gasteiger partial charge in [0.1, 0.15) is 0 Å². The number of aromatic nitrogens is 2. The van der Waals surface area contributed by atoms with Gasteiger partial charge < -0.3 is 5.32 Å². The van der Waals surface area contributed by atoms with Crippen molar-refractivity contribution in [1.29, 1.82) is 0 Å². The van der Waals surface area contributed by atoms with Crippen LogP contribution < -0.4 is 5.32 Å². The van der Waals surface area contributed by atoms with E-state index < -0.39 is 0 Å². The Morgan fingerprint density at radius 3 is 2.85 bits per heavy atom. The Morgan fingerprint density at radius 1 is 1.25 bits per heavy atom. The smallest absolute Gasteiger partial charge is 0.0938 e. The minimum absolute atomic E-state index is 0.134. The molecule has 0 saturated carbocycles. The first kappa shape index (κ1) is 13.7. The summed E-state index contributed by atoms with van der Waals surface area (Å²) in [4.78, 5) is 10.2. The highest BCUT2D eigenvalue weighted by Crippen LogP contribution is 2.35. The Bertz CT molecular complexity index is 720. The molecule has 0 fully saturated rings. The highest BCUT2D eigenvalue weighted by molar-refractivity contribution is 9.10. The van der Waals surface area contributed by atoms with Crippen LogP contribution in [0.2, 0.25) is 0 Å². The lowest BCUT2D eigenvalue weighted by molar-refractivity contribution is 0.640. The molecule has 3 aromatic rings. The molecule has 0 radical (unpaired) electrons. The Labute approximate surface area is 130 Å². The minimum atomic E-state index is 0.134. The van der Waals surface area contributed by atoms with E-state index in [1.165, 1.54) is 10.4 Å². The zero-order valence-electron chi connectivity index (χ0n) is 11.0. The van der Waals surface area contributed by atoms with Crippen LogP contribution in [-0.2, 0) is 0 Å². The lowest BCUT2D eigenvalue weighted by Gasteiger charge is -2.19. The van der Waals surface area contributed by atoms with Crippen molar-refractivity contribution in [2.24, 2.45) is 0 Å². The van der Waals surface area contributed by atoms with Crippen LogP contribution in [0, 0.1) is 0 Å². The fraction of sp³-hybridized carbons (Fsp3) is 0.200. The van der Waals surface area contributed by atoms with Crippen molar-refractivity contribution in [3.05, 3.63) is 57.0 Å². The van der Waals surface area contributed by atoms with Gasteiger partial charge in [-0.3, -0.25) is 9.97 Å². The summed E-state index contributed by atoms with van der Waals surface area (Å²) < 4.78 is 1.13. The Balaban J connectivity index is 2.17. The molecule has 3 rings (SSSR count). The summed E-state index contributed by atoms with van der Waals surface area (Å²) >= 11 is 5.38. The second-order valence-electron chi connectivity index (χ2n) is 4.39. The van der Waals surface area contributed by atoms with Crippen LogP contribution in [0.4, 0.5) is 0 Å². The first-order chi connectivity index (χ1) is 9.81. The van der Waals surface area contributed by atoms with E-state index in [4.69, 9.17) is 0 Å². The topological polar surface area (TPSA) is 37.8 Å². The Hall–Kier alpha value is -1.30. The zero-order valence-corrected chi connectivity index (χ0v) is 13.4. The molecule has 102 valence electrons. The van der Waals surface area contributed by atoms with Gasteiger partial charge in [0.2, 0.25) is 0 Å². The number of hydrogen-bond donors (Lipinski definition) is 1. The number of para-hydroxylation sites is 1. The van der Waals surface area contributed by atoms with E-state index in [1.807, 2.05) is 12.1 Å². The van der Waals surface area contributed by atoms with E-state index >= 15 is 0 Å². The molecule has 3 nitrogen and oxygen atoms in total. The molecule has 0 aliphatic carbocycles. The number of thiophene rings is 1. The third-order valence-corrected chi connectivity index (χ3v) is 5.09. The minimum Gasteiger partial charge on any atom is -0.306 e. The maximum Gasteiger partial charge on any atom is 0.0938 e. The van der Waals surface area contributed by atoms with Crippen molar-refractivity contribution in [3.63, 3.8) is 0 Å². The number of benzene rings is 1. The maximum absolute atomic E-state index is 4.51.